The third-order valence-corrected chi connectivity index (χ3v) is 1.49. The van der Waals surface area contributed by atoms with E-state index in [1.165, 1.54) is 0 Å². The average Bonchev–Trinajstić information content (AvgIpc) is 2.28. The van der Waals surface area contributed by atoms with Crippen molar-refractivity contribution in [3.63, 3.8) is 0 Å². The Balaban J connectivity index is 3.02. The Morgan fingerprint density at radius 1 is 1.55 bits per heavy atom. The van der Waals surface area contributed by atoms with E-state index in [2.05, 4.69) is 10.2 Å². The summed E-state index contributed by atoms with van der Waals surface area (Å²) in [5.74, 6) is 1.25. The average molecular weight is 154 g/mol. The quantitative estimate of drug-likeness (QED) is 0.613. The van der Waals surface area contributed by atoms with Crippen LogP contribution in [0.2, 0.25) is 0 Å². The lowest BCUT2D eigenvalue weighted by Crippen LogP contribution is -1.90. The summed E-state index contributed by atoms with van der Waals surface area (Å²) in [5, 5.41) is 2.86. The second-order valence-electron chi connectivity index (χ2n) is 2.46. The maximum absolute atomic E-state index is 10.1. The van der Waals surface area contributed by atoms with Crippen LogP contribution in [0.15, 0.2) is 9.59 Å². The number of hydrogen-bond donors (Lipinski definition) is 0. The van der Waals surface area contributed by atoms with Crippen molar-refractivity contribution >= 4 is 0 Å². The van der Waals surface area contributed by atoms with Crippen LogP contribution in [-0.4, -0.2) is 4.98 Å². The second-order valence-corrected chi connectivity index (χ2v) is 2.46. The minimum Gasteiger partial charge on any atom is -0.446 e. The fourth-order valence-corrected chi connectivity index (χ4v) is 0.983. The van der Waals surface area contributed by atoms with Crippen LogP contribution in [0.5, 0.6) is 0 Å². The van der Waals surface area contributed by atoms with Gasteiger partial charge in [0.2, 0.25) is 0 Å². The molecule has 1 unspecified atom stereocenters. The van der Waals surface area contributed by atoms with Gasteiger partial charge in [-0.25, -0.2) is 4.98 Å². The number of aryl methyl sites for hydroxylation is 2. The van der Waals surface area contributed by atoms with Gasteiger partial charge in [0.05, 0.1) is 0 Å². The van der Waals surface area contributed by atoms with Crippen LogP contribution in [0.3, 0.4) is 0 Å². The Hall–Kier alpha value is -1.19. The van der Waals surface area contributed by atoms with E-state index in [4.69, 9.17) is 4.42 Å². The van der Waals surface area contributed by atoms with Crippen molar-refractivity contribution < 1.29 is 4.42 Å². The SMILES string of the molecule is Cc1nc(C(C)N=O)c(C)o1. The molecule has 0 N–H and O–H groups in total. The highest BCUT2D eigenvalue weighted by Crippen LogP contribution is 2.19. The Bertz CT molecular complexity index is 267. The number of rotatable bonds is 2. The molecule has 4 heteroatoms. The molecule has 1 aromatic rings. The molecular formula is C7H10N2O2. The third kappa shape index (κ3) is 1.45. The lowest BCUT2D eigenvalue weighted by atomic mass is 10.2. The van der Waals surface area contributed by atoms with E-state index in [-0.39, 0.29) is 0 Å². The topological polar surface area (TPSA) is 55.5 Å². The highest BCUT2D eigenvalue weighted by atomic mass is 16.4. The normalized spacial score (nSPS) is 13.0. The summed E-state index contributed by atoms with van der Waals surface area (Å²) in [6, 6.07) is -0.410. The van der Waals surface area contributed by atoms with Crippen molar-refractivity contribution in [1.29, 1.82) is 0 Å². The number of nitrogens with zero attached hydrogens (tertiary/aromatic N) is 2. The standard InChI is InChI=1S/C7H10N2O2/c1-4(9-10)7-5(2)11-6(3)8-7/h4H,1-3H3. The molecule has 0 saturated heterocycles. The summed E-state index contributed by atoms with van der Waals surface area (Å²) >= 11 is 0. The van der Waals surface area contributed by atoms with Gasteiger partial charge in [0.1, 0.15) is 17.5 Å². The van der Waals surface area contributed by atoms with Gasteiger partial charge in [0.25, 0.3) is 0 Å². The molecule has 1 heterocycles. The Morgan fingerprint density at radius 2 is 2.18 bits per heavy atom. The van der Waals surface area contributed by atoms with Gasteiger partial charge in [0.15, 0.2) is 5.89 Å². The van der Waals surface area contributed by atoms with Gasteiger partial charge in [-0.05, 0) is 13.8 Å². The van der Waals surface area contributed by atoms with Crippen LogP contribution in [0.25, 0.3) is 0 Å². The Kier molecular flexibility index (Phi) is 2.03. The first kappa shape index (κ1) is 7.91. The molecule has 0 amide bonds. The fourth-order valence-electron chi connectivity index (χ4n) is 0.983. The maximum atomic E-state index is 10.1. The van der Waals surface area contributed by atoms with Crippen LogP contribution in [0, 0.1) is 18.8 Å². The monoisotopic (exact) mass is 154 g/mol. The van der Waals surface area contributed by atoms with E-state index >= 15 is 0 Å². The van der Waals surface area contributed by atoms with Gasteiger partial charge in [-0.15, -0.1) is 0 Å². The van der Waals surface area contributed by atoms with Crippen LogP contribution < -0.4 is 0 Å². The van der Waals surface area contributed by atoms with Gasteiger partial charge in [-0.3, -0.25) is 0 Å². The fraction of sp³-hybridized carbons (Fsp3) is 0.571. The number of hydrogen-bond acceptors (Lipinski definition) is 4. The minimum atomic E-state index is -0.410. The van der Waals surface area contributed by atoms with E-state index in [1.807, 2.05) is 0 Å². The zero-order valence-corrected chi connectivity index (χ0v) is 6.79. The van der Waals surface area contributed by atoms with E-state index in [9.17, 15) is 4.91 Å². The van der Waals surface area contributed by atoms with Gasteiger partial charge < -0.3 is 4.42 Å². The Labute approximate surface area is 64.6 Å². The van der Waals surface area contributed by atoms with Crippen molar-refractivity contribution in [2.75, 3.05) is 0 Å². The second kappa shape index (κ2) is 2.82. The number of oxazole rings is 1. The smallest absolute Gasteiger partial charge is 0.191 e. The highest BCUT2D eigenvalue weighted by Gasteiger charge is 2.13. The molecule has 11 heavy (non-hydrogen) atoms. The van der Waals surface area contributed by atoms with Gasteiger partial charge in [0, 0.05) is 6.92 Å². The van der Waals surface area contributed by atoms with E-state index in [1.54, 1.807) is 20.8 Å². The number of aromatic nitrogens is 1. The van der Waals surface area contributed by atoms with E-state index < -0.39 is 6.04 Å². The third-order valence-electron chi connectivity index (χ3n) is 1.49. The van der Waals surface area contributed by atoms with Crippen LogP contribution in [0.4, 0.5) is 0 Å². The predicted octanol–water partition coefficient (Wildman–Crippen LogP) is 2.12. The van der Waals surface area contributed by atoms with Gasteiger partial charge in [-0.1, -0.05) is 5.18 Å². The molecule has 60 valence electrons. The lowest BCUT2D eigenvalue weighted by Gasteiger charge is -1.95. The summed E-state index contributed by atoms with van der Waals surface area (Å²) in [6.07, 6.45) is 0. The first-order chi connectivity index (χ1) is 5.15. The van der Waals surface area contributed by atoms with E-state index in [0.717, 1.165) is 0 Å². The number of nitroso groups, excluding NO2 is 1. The predicted molar refractivity (Wildman–Crippen MR) is 40.2 cm³/mol. The zero-order valence-electron chi connectivity index (χ0n) is 6.79. The summed E-state index contributed by atoms with van der Waals surface area (Å²) in [6.45, 7) is 5.21. The summed E-state index contributed by atoms with van der Waals surface area (Å²) in [5.41, 5.74) is 0.637. The molecule has 0 aromatic carbocycles. The molecule has 0 saturated carbocycles. The first-order valence-corrected chi connectivity index (χ1v) is 3.41. The van der Waals surface area contributed by atoms with Crippen molar-refractivity contribution in [3.8, 4) is 0 Å². The molecule has 0 aliphatic heterocycles. The largest absolute Gasteiger partial charge is 0.446 e. The molecule has 0 spiro atoms. The molecule has 0 aliphatic carbocycles. The molecule has 0 aliphatic rings. The summed E-state index contributed by atoms with van der Waals surface area (Å²) in [4.78, 5) is 14.2. The Morgan fingerprint density at radius 3 is 2.55 bits per heavy atom. The van der Waals surface area contributed by atoms with Gasteiger partial charge in [-0.2, -0.15) is 4.91 Å². The van der Waals surface area contributed by atoms with Crippen molar-refractivity contribution in [3.05, 3.63) is 22.3 Å². The first-order valence-electron chi connectivity index (χ1n) is 3.41. The van der Waals surface area contributed by atoms with Crippen LogP contribution >= 0.6 is 0 Å². The molecule has 1 aromatic heterocycles. The molecule has 0 fully saturated rings. The van der Waals surface area contributed by atoms with Crippen molar-refractivity contribution in [1.82, 2.24) is 4.98 Å². The maximum Gasteiger partial charge on any atom is 0.191 e. The molecule has 1 atom stereocenters. The summed E-state index contributed by atoms with van der Waals surface area (Å²) < 4.78 is 5.13. The van der Waals surface area contributed by atoms with Crippen molar-refractivity contribution in [2.45, 2.75) is 26.8 Å². The van der Waals surface area contributed by atoms with Gasteiger partial charge >= 0.3 is 0 Å². The molecular weight excluding hydrogens is 144 g/mol. The van der Waals surface area contributed by atoms with Crippen molar-refractivity contribution in [2.24, 2.45) is 5.18 Å². The molecule has 0 radical (unpaired) electrons. The molecule has 1 rings (SSSR count). The summed E-state index contributed by atoms with van der Waals surface area (Å²) in [7, 11) is 0. The lowest BCUT2D eigenvalue weighted by molar-refractivity contribution is 0.491. The molecule has 0 bridgehead atoms. The highest BCUT2D eigenvalue weighted by molar-refractivity contribution is 5.11. The zero-order chi connectivity index (χ0) is 8.43. The van der Waals surface area contributed by atoms with E-state index in [0.29, 0.717) is 17.3 Å². The van der Waals surface area contributed by atoms with Crippen LogP contribution in [-0.2, 0) is 0 Å². The van der Waals surface area contributed by atoms with Crippen LogP contribution in [0.1, 0.15) is 30.3 Å². The molecule has 4 nitrogen and oxygen atoms in total. The minimum absolute atomic E-state index is 0.410.